The van der Waals surface area contributed by atoms with Gasteiger partial charge in [-0.15, -0.1) is 0 Å². The average Bonchev–Trinajstić information content (AvgIpc) is 2.67. The number of likely N-dealkylation sites (tertiary alicyclic amines) is 1. The van der Waals surface area contributed by atoms with E-state index in [2.05, 4.69) is 5.32 Å². The van der Waals surface area contributed by atoms with Gasteiger partial charge in [-0.05, 0) is 49.6 Å². The minimum atomic E-state index is -0.886. The molecule has 0 aliphatic carbocycles. The van der Waals surface area contributed by atoms with E-state index in [4.69, 9.17) is 23.2 Å². The molecule has 0 aromatic heterocycles. The number of benzene rings is 2. The molecule has 2 aromatic rings. The Kier molecular flexibility index (Phi) is 6.75. The van der Waals surface area contributed by atoms with Gasteiger partial charge in [-0.3, -0.25) is 9.59 Å². The summed E-state index contributed by atoms with van der Waals surface area (Å²) in [6.07, 6.45) is 0.920. The third kappa shape index (κ3) is 5.06. The SMILES string of the molecule is CC(NC(=O)C1CCN(C(=O)c2ccc(F)cc2F)CC1)c1ccc(Cl)cc1Cl. The summed E-state index contributed by atoms with van der Waals surface area (Å²) in [5, 5.41) is 3.94. The number of hydrogen-bond donors (Lipinski definition) is 1. The van der Waals surface area contributed by atoms with Gasteiger partial charge in [0.05, 0.1) is 11.6 Å². The number of rotatable bonds is 4. The van der Waals surface area contributed by atoms with Crippen LogP contribution in [0.5, 0.6) is 0 Å². The van der Waals surface area contributed by atoms with Crippen LogP contribution in [0, 0.1) is 17.6 Å². The Balaban J connectivity index is 1.57. The number of piperidine rings is 1. The highest BCUT2D eigenvalue weighted by Gasteiger charge is 2.29. The van der Waals surface area contributed by atoms with Crippen LogP contribution in [-0.4, -0.2) is 29.8 Å². The van der Waals surface area contributed by atoms with Crippen molar-refractivity contribution >= 4 is 35.0 Å². The van der Waals surface area contributed by atoms with E-state index in [9.17, 15) is 18.4 Å². The maximum absolute atomic E-state index is 13.9. The monoisotopic (exact) mass is 440 g/mol. The molecule has 154 valence electrons. The minimum absolute atomic E-state index is 0.122. The molecular weight excluding hydrogens is 421 g/mol. The van der Waals surface area contributed by atoms with Crippen LogP contribution in [0.3, 0.4) is 0 Å². The summed E-state index contributed by atoms with van der Waals surface area (Å²) in [6.45, 7) is 2.48. The van der Waals surface area contributed by atoms with Gasteiger partial charge in [-0.25, -0.2) is 8.78 Å². The van der Waals surface area contributed by atoms with Crippen LogP contribution in [-0.2, 0) is 4.79 Å². The second-order valence-electron chi connectivity index (χ2n) is 7.09. The van der Waals surface area contributed by atoms with Crippen molar-refractivity contribution < 1.29 is 18.4 Å². The van der Waals surface area contributed by atoms with Gasteiger partial charge in [0.2, 0.25) is 5.91 Å². The van der Waals surface area contributed by atoms with Crippen LogP contribution >= 0.6 is 23.2 Å². The van der Waals surface area contributed by atoms with E-state index in [-0.39, 0.29) is 23.4 Å². The smallest absolute Gasteiger partial charge is 0.256 e. The molecule has 29 heavy (non-hydrogen) atoms. The average molecular weight is 441 g/mol. The zero-order valence-corrected chi connectivity index (χ0v) is 17.2. The molecular formula is C21H20Cl2F2N2O2. The van der Waals surface area contributed by atoms with E-state index >= 15 is 0 Å². The Labute approximate surface area is 177 Å². The standard InChI is InChI=1S/C21H20Cl2F2N2O2/c1-12(16-4-2-14(22)10-18(16)23)26-20(28)13-6-8-27(9-7-13)21(29)17-5-3-15(24)11-19(17)25/h2-5,10-13H,6-9H2,1H3,(H,26,28). The van der Waals surface area contributed by atoms with Crippen LogP contribution in [0.1, 0.15) is 41.7 Å². The van der Waals surface area contributed by atoms with Gasteiger partial charge in [0.15, 0.2) is 0 Å². The van der Waals surface area contributed by atoms with Crippen LogP contribution < -0.4 is 5.32 Å². The lowest BCUT2D eigenvalue weighted by atomic mass is 9.94. The Morgan fingerprint density at radius 2 is 1.79 bits per heavy atom. The molecule has 0 radical (unpaired) electrons. The number of nitrogens with one attached hydrogen (secondary N) is 1. The quantitative estimate of drug-likeness (QED) is 0.726. The van der Waals surface area contributed by atoms with Crippen molar-refractivity contribution in [3.05, 3.63) is 69.2 Å². The summed E-state index contributed by atoms with van der Waals surface area (Å²) in [7, 11) is 0. The third-order valence-electron chi connectivity index (χ3n) is 5.10. The highest BCUT2D eigenvalue weighted by molar-refractivity contribution is 6.35. The van der Waals surface area contributed by atoms with Crippen LogP contribution in [0.25, 0.3) is 0 Å². The first-order valence-electron chi connectivity index (χ1n) is 9.26. The molecule has 0 bridgehead atoms. The van der Waals surface area contributed by atoms with Crippen molar-refractivity contribution in [3.8, 4) is 0 Å². The first kappa shape index (κ1) is 21.5. The number of halogens is 4. The Bertz CT molecular complexity index is 931. The predicted octanol–water partition coefficient (Wildman–Crippen LogP) is 5.00. The van der Waals surface area contributed by atoms with Gasteiger partial charge in [0.25, 0.3) is 5.91 Å². The third-order valence-corrected chi connectivity index (χ3v) is 5.66. The fourth-order valence-corrected chi connectivity index (χ4v) is 4.01. The molecule has 1 heterocycles. The van der Waals surface area contributed by atoms with E-state index in [0.717, 1.165) is 17.7 Å². The maximum Gasteiger partial charge on any atom is 0.256 e. The zero-order valence-electron chi connectivity index (χ0n) is 15.7. The lowest BCUT2D eigenvalue weighted by Crippen LogP contribution is -2.43. The minimum Gasteiger partial charge on any atom is -0.349 e. The predicted molar refractivity (Wildman–Crippen MR) is 108 cm³/mol. The molecule has 8 heteroatoms. The van der Waals surface area contributed by atoms with Crippen molar-refractivity contribution in [3.63, 3.8) is 0 Å². The first-order chi connectivity index (χ1) is 13.8. The van der Waals surface area contributed by atoms with Gasteiger partial charge in [0.1, 0.15) is 11.6 Å². The number of carbonyl (C=O) groups excluding carboxylic acids is 2. The summed E-state index contributed by atoms with van der Waals surface area (Å²) in [5.74, 6) is -2.50. The molecule has 3 rings (SSSR count). The molecule has 0 saturated carbocycles. The number of carbonyl (C=O) groups is 2. The largest absolute Gasteiger partial charge is 0.349 e. The van der Waals surface area contributed by atoms with E-state index < -0.39 is 17.5 Å². The molecule has 1 unspecified atom stereocenters. The summed E-state index contributed by atoms with van der Waals surface area (Å²) in [4.78, 5) is 26.6. The number of hydrogen-bond acceptors (Lipinski definition) is 2. The highest BCUT2D eigenvalue weighted by Crippen LogP contribution is 2.27. The Morgan fingerprint density at radius 1 is 1.10 bits per heavy atom. The second-order valence-corrected chi connectivity index (χ2v) is 7.93. The van der Waals surface area contributed by atoms with Crippen molar-refractivity contribution in [2.24, 2.45) is 5.92 Å². The van der Waals surface area contributed by atoms with Gasteiger partial charge < -0.3 is 10.2 Å². The van der Waals surface area contributed by atoms with Gasteiger partial charge in [0, 0.05) is 35.1 Å². The van der Waals surface area contributed by atoms with E-state index in [1.165, 1.54) is 4.90 Å². The summed E-state index contributed by atoms with van der Waals surface area (Å²) < 4.78 is 26.9. The van der Waals surface area contributed by atoms with Crippen molar-refractivity contribution in [2.75, 3.05) is 13.1 Å². The van der Waals surface area contributed by atoms with E-state index in [1.54, 1.807) is 18.2 Å². The molecule has 4 nitrogen and oxygen atoms in total. The van der Waals surface area contributed by atoms with Crippen LogP contribution in [0.4, 0.5) is 8.78 Å². The summed E-state index contributed by atoms with van der Waals surface area (Å²) in [6, 6.07) is 7.71. The van der Waals surface area contributed by atoms with Gasteiger partial charge in [-0.2, -0.15) is 0 Å². The van der Waals surface area contributed by atoms with Gasteiger partial charge in [-0.1, -0.05) is 29.3 Å². The summed E-state index contributed by atoms with van der Waals surface area (Å²) in [5.41, 5.74) is 0.601. The molecule has 1 aliphatic rings. The molecule has 0 spiro atoms. The molecule has 1 N–H and O–H groups in total. The van der Waals surface area contributed by atoms with Crippen LogP contribution in [0.15, 0.2) is 36.4 Å². The van der Waals surface area contributed by atoms with Crippen molar-refractivity contribution in [1.29, 1.82) is 0 Å². The van der Waals surface area contributed by atoms with Crippen LogP contribution in [0.2, 0.25) is 10.0 Å². The van der Waals surface area contributed by atoms with E-state index in [0.29, 0.717) is 42.0 Å². The van der Waals surface area contributed by atoms with Gasteiger partial charge >= 0.3 is 0 Å². The lowest BCUT2D eigenvalue weighted by molar-refractivity contribution is -0.127. The maximum atomic E-state index is 13.9. The molecule has 1 saturated heterocycles. The zero-order chi connectivity index (χ0) is 21.1. The molecule has 1 aliphatic heterocycles. The first-order valence-corrected chi connectivity index (χ1v) is 10.0. The number of nitrogens with zero attached hydrogens (tertiary/aromatic N) is 1. The molecule has 2 aromatic carbocycles. The fraction of sp³-hybridized carbons (Fsp3) is 0.333. The molecule has 1 fully saturated rings. The fourth-order valence-electron chi connectivity index (χ4n) is 3.44. The second kappa shape index (κ2) is 9.09. The Hall–Kier alpha value is -2.18. The topological polar surface area (TPSA) is 49.4 Å². The number of amides is 2. The summed E-state index contributed by atoms with van der Waals surface area (Å²) >= 11 is 12.1. The highest BCUT2D eigenvalue weighted by atomic mass is 35.5. The Morgan fingerprint density at radius 3 is 2.41 bits per heavy atom. The molecule has 2 amide bonds. The normalized spacial score (nSPS) is 15.8. The van der Waals surface area contributed by atoms with E-state index in [1.807, 2.05) is 6.92 Å². The molecule has 1 atom stereocenters. The van der Waals surface area contributed by atoms with Crippen molar-refractivity contribution in [1.82, 2.24) is 10.2 Å². The lowest BCUT2D eigenvalue weighted by Gasteiger charge is -2.32. The van der Waals surface area contributed by atoms with Crippen molar-refractivity contribution in [2.45, 2.75) is 25.8 Å².